The van der Waals surface area contributed by atoms with Gasteiger partial charge in [-0.15, -0.1) is 0 Å². The lowest BCUT2D eigenvalue weighted by molar-refractivity contribution is -0.117. The van der Waals surface area contributed by atoms with Gasteiger partial charge >= 0.3 is 5.97 Å². The quantitative estimate of drug-likeness (QED) is 0.696. The van der Waals surface area contributed by atoms with Crippen molar-refractivity contribution in [2.45, 2.75) is 40.5 Å². The molecule has 0 aliphatic carbocycles. The third-order valence-electron chi connectivity index (χ3n) is 4.27. The number of carboxylic acid groups (broad SMARTS) is 1. The highest BCUT2D eigenvalue weighted by Gasteiger charge is 2.21. The highest BCUT2D eigenvalue weighted by Crippen LogP contribution is 2.26. The molecule has 0 aliphatic heterocycles. The van der Waals surface area contributed by atoms with Gasteiger partial charge in [-0.1, -0.05) is 39.8 Å². The topological polar surface area (TPSA) is 96.6 Å². The van der Waals surface area contributed by atoms with E-state index in [2.05, 4.69) is 15.4 Å². The van der Waals surface area contributed by atoms with Crippen molar-refractivity contribution in [3.63, 3.8) is 0 Å². The molecule has 0 aliphatic rings. The summed E-state index contributed by atoms with van der Waals surface area (Å²) in [5, 5.41) is 16.9. The van der Waals surface area contributed by atoms with Crippen molar-refractivity contribution in [1.29, 1.82) is 0 Å². The Morgan fingerprint density at radius 3 is 2.61 bits per heavy atom. The SMILES string of the molecule is CCc1nn2c(-c3cccc(NC(=O)CC(C)(C)C)c3)ccnc2c1C(=O)O. The summed E-state index contributed by atoms with van der Waals surface area (Å²) in [7, 11) is 0. The number of carbonyl (C=O) groups is 2. The predicted molar refractivity (Wildman–Crippen MR) is 107 cm³/mol. The van der Waals surface area contributed by atoms with Crippen molar-refractivity contribution in [3.05, 3.63) is 47.8 Å². The van der Waals surface area contributed by atoms with E-state index in [-0.39, 0.29) is 16.9 Å². The maximum Gasteiger partial charge on any atom is 0.341 e. The zero-order chi connectivity index (χ0) is 20.5. The molecule has 3 rings (SSSR count). The van der Waals surface area contributed by atoms with E-state index in [1.54, 1.807) is 16.8 Å². The third-order valence-corrected chi connectivity index (χ3v) is 4.27. The molecule has 0 unspecified atom stereocenters. The number of carbonyl (C=O) groups excluding carboxylic acids is 1. The number of nitrogens with zero attached hydrogens (tertiary/aromatic N) is 3. The molecule has 2 heterocycles. The van der Waals surface area contributed by atoms with Gasteiger partial charge in [0.1, 0.15) is 5.56 Å². The van der Waals surface area contributed by atoms with Gasteiger partial charge in [0.2, 0.25) is 5.91 Å². The molecule has 0 atom stereocenters. The molecule has 0 spiro atoms. The summed E-state index contributed by atoms with van der Waals surface area (Å²) in [6.07, 6.45) is 2.48. The smallest absolute Gasteiger partial charge is 0.341 e. The van der Waals surface area contributed by atoms with Crippen LogP contribution in [0.1, 0.15) is 50.2 Å². The van der Waals surface area contributed by atoms with Crippen LogP contribution in [0.15, 0.2) is 36.5 Å². The Morgan fingerprint density at radius 1 is 1.21 bits per heavy atom. The van der Waals surface area contributed by atoms with Gasteiger partial charge in [-0.05, 0) is 30.0 Å². The van der Waals surface area contributed by atoms with Crippen molar-refractivity contribution >= 4 is 23.2 Å². The summed E-state index contributed by atoms with van der Waals surface area (Å²) in [5.74, 6) is -1.09. The van der Waals surface area contributed by atoms with Crippen molar-refractivity contribution < 1.29 is 14.7 Å². The third kappa shape index (κ3) is 4.03. The Labute approximate surface area is 163 Å². The molecule has 2 N–H and O–H groups in total. The van der Waals surface area contributed by atoms with E-state index in [9.17, 15) is 14.7 Å². The van der Waals surface area contributed by atoms with E-state index in [0.29, 0.717) is 35.6 Å². The van der Waals surface area contributed by atoms with E-state index in [1.165, 1.54) is 0 Å². The highest BCUT2D eigenvalue weighted by molar-refractivity contribution is 5.96. The van der Waals surface area contributed by atoms with Crippen LogP contribution >= 0.6 is 0 Å². The molecule has 3 aromatic rings. The van der Waals surface area contributed by atoms with Gasteiger partial charge in [0.05, 0.1) is 11.4 Å². The first-order chi connectivity index (χ1) is 13.2. The summed E-state index contributed by atoms with van der Waals surface area (Å²) in [6, 6.07) is 9.19. The number of fused-ring (bicyclic) bond motifs is 1. The Morgan fingerprint density at radius 2 is 1.96 bits per heavy atom. The summed E-state index contributed by atoms with van der Waals surface area (Å²) in [4.78, 5) is 28.1. The van der Waals surface area contributed by atoms with Crippen LogP contribution in [-0.2, 0) is 11.2 Å². The van der Waals surface area contributed by atoms with Gasteiger partial charge in [-0.3, -0.25) is 4.79 Å². The number of amides is 1. The van der Waals surface area contributed by atoms with Gasteiger partial charge in [0.15, 0.2) is 5.65 Å². The number of rotatable bonds is 5. The standard InChI is InChI=1S/C21H24N4O3/c1-5-15-18(20(27)28)19-22-10-9-16(25(19)24-15)13-7-6-8-14(11-13)23-17(26)12-21(2,3)4/h6-11H,5,12H2,1-4H3,(H,23,26)(H,27,28). The number of aromatic carboxylic acids is 1. The molecule has 0 radical (unpaired) electrons. The van der Waals surface area contributed by atoms with E-state index < -0.39 is 5.97 Å². The fraction of sp³-hybridized carbons (Fsp3) is 0.333. The highest BCUT2D eigenvalue weighted by atomic mass is 16.4. The lowest BCUT2D eigenvalue weighted by Crippen LogP contribution is -2.19. The number of carboxylic acids is 1. The van der Waals surface area contributed by atoms with Gasteiger partial charge in [0, 0.05) is 23.9 Å². The average Bonchev–Trinajstić information content (AvgIpc) is 2.99. The van der Waals surface area contributed by atoms with Gasteiger partial charge in [-0.2, -0.15) is 5.10 Å². The molecule has 0 saturated carbocycles. The first-order valence-electron chi connectivity index (χ1n) is 9.20. The normalized spacial score (nSPS) is 11.6. The molecule has 0 saturated heterocycles. The van der Waals surface area contributed by atoms with Crippen molar-refractivity contribution in [2.75, 3.05) is 5.32 Å². The zero-order valence-electron chi connectivity index (χ0n) is 16.5. The molecular formula is C21H24N4O3. The second-order valence-corrected chi connectivity index (χ2v) is 7.91. The molecule has 146 valence electrons. The summed E-state index contributed by atoms with van der Waals surface area (Å²) >= 11 is 0. The van der Waals surface area contributed by atoms with Crippen LogP contribution in [0.4, 0.5) is 5.69 Å². The number of hydrogen-bond acceptors (Lipinski definition) is 4. The lowest BCUT2D eigenvalue weighted by atomic mass is 9.92. The molecule has 1 amide bonds. The Balaban J connectivity index is 2.02. The summed E-state index contributed by atoms with van der Waals surface area (Å²) in [6.45, 7) is 7.90. The number of nitrogens with one attached hydrogen (secondary N) is 1. The van der Waals surface area contributed by atoms with E-state index >= 15 is 0 Å². The Kier molecular flexibility index (Phi) is 5.18. The number of aryl methyl sites for hydroxylation is 1. The minimum absolute atomic E-state index is 0.0509. The van der Waals surface area contributed by atoms with Crippen molar-refractivity contribution in [3.8, 4) is 11.3 Å². The van der Waals surface area contributed by atoms with Crippen LogP contribution < -0.4 is 5.32 Å². The summed E-state index contributed by atoms with van der Waals surface area (Å²) in [5.41, 5.74) is 3.02. The zero-order valence-corrected chi connectivity index (χ0v) is 16.5. The Bertz CT molecular complexity index is 1050. The minimum atomic E-state index is -1.04. The van der Waals surface area contributed by atoms with Gasteiger partial charge < -0.3 is 10.4 Å². The van der Waals surface area contributed by atoms with E-state index in [0.717, 1.165) is 5.56 Å². The van der Waals surface area contributed by atoms with E-state index in [4.69, 9.17) is 0 Å². The first-order valence-corrected chi connectivity index (χ1v) is 9.20. The average molecular weight is 380 g/mol. The largest absolute Gasteiger partial charge is 0.477 e. The summed E-state index contributed by atoms with van der Waals surface area (Å²) < 4.78 is 1.55. The second kappa shape index (κ2) is 7.42. The van der Waals surface area contributed by atoms with Crippen LogP contribution in [0.3, 0.4) is 0 Å². The Hall–Kier alpha value is -3.22. The molecule has 0 fully saturated rings. The molecule has 0 bridgehead atoms. The fourth-order valence-corrected chi connectivity index (χ4v) is 3.12. The second-order valence-electron chi connectivity index (χ2n) is 7.91. The first kappa shape index (κ1) is 19.5. The maximum atomic E-state index is 12.2. The molecule has 2 aromatic heterocycles. The fourth-order valence-electron chi connectivity index (χ4n) is 3.12. The van der Waals surface area contributed by atoms with Crippen LogP contribution in [0, 0.1) is 5.41 Å². The molecule has 1 aromatic carbocycles. The van der Waals surface area contributed by atoms with Crippen LogP contribution in [0.25, 0.3) is 16.9 Å². The van der Waals surface area contributed by atoms with Crippen LogP contribution in [-0.4, -0.2) is 31.6 Å². The monoisotopic (exact) mass is 380 g/mol. The van der Waals surface area contributed by atoms with Crippen molar-refractivity contribution in [2.24, 2.45) is 5.41 Å². The number of benzene rings is 1. The van der Waals surface area contributed by atoms with Crippen molar-refractivity contribution in [1.82, 2.24) is 14.6 Å². The number of hydrogen-bond donors (Lipinski definition) is 2. The molecular weight excluding hydrogens is 356 g/mol. The van der Waals surface area contributed by atoms with Crippen LogP contribution in [0.5, 0.6) is 0 Å². The van der Waals surface area contributed by atoms with Gasteiger partial charge in [-0.25, -0.2) is 14.3 Å². The molecule has 7 heteroatoms. The van der Waals surface area contributed by atoms with E-state index in [1.807, 2.05) is 52.0 Å². The van der Waals surface area contributed by atoms with Gasteiger partial charge in [0.25, 0.3) is 0 Å². The lowest BCUT2D eigenvalue weighted by Gasteiger charge is -2.17. The number of aromatic nitrogens is 3. The molecule has 7 nitrogen and oxygen atoms in total. The maximum absolute atomic E-state index is 12.2. The minimum Gasteiger partial charge on any atom is -0.477 e. The van der Waals surface area contributed by atoms with Crippen LogP contribution in [0.2, 0.25) is 0 Å². The predicted octanol–water partition coefficient (Wildman–Crippen LogP) is 4.03. The molecule has 28 heavy (non-hydrogen) atoms. The number of anilines is 1.